The molecule has 0 saturated heterocycles. The van der Waals surface area contributed by atoms with Gasteiger partial charge < -0.3 is 4.74 Å². The Morgan fingerprint density at radius 2 is 1.15 bits per heavy atom. The van der Waals surface area contributed by atoms with Crippen molar-refractivity contribution in [1.82, 2.24) is 0 Å². The molecule has 0 saturated carbocycles. The molecule has 0 N–H and O–H groups in total. The van der Waals surface area contributed by atoms with Gasteiger partial charge in [0.15, 0.2) is 17.5 Å². The van der Waals surface area contributed by atoms with E-state index in [1.54, 1.807) is 24.3 Å². The van der Waals surface area contributed by atoms with Gasteiger partial charge in [-0.1, -0.05) is 12.1 Å². The summed E-state index contributed by atoms with van der Waals surface area (Å²) in [7, 11) is 0. The second kappa shape index (κ2) is 9.23. The fraction of sp³-hybridized carbons (Fsp3) is 0.0400. The average molecular weight is 476 g/mol. The molecule has 0 unspecified atom stereocenters. The van der Waals surface area contributed by atoms with Crippen molar-refractivity contribution in [3.05, 3.63) is 107 Å². The molecular weight excluding hydrogens is 462 g/mol. The number of ether oxygens (including phenoxy) is 1. The molecule has 4 aromatic carbocycles. The van der Waals surface area contributed by atoms with Crippen molar-refractivity contribution in [3.63, 3.8) is 0 Å². The predicted octanol–water partition coefficient (Wildman–Crippen LogP) is 7.72. The zero-order chi connectivity index (χ0) is 23.7. The Labute approximate surface area is 190 Å². The van der Waals surface area contributed by atoms with Gasteiger partial charge in [0.2, 0.25) is 0 Å². The summed E-state index contributed by atoms with van der Waals surface area (Å²) in [5.74, 6) is -7.23. The van der Waals surface area contributed by atoms with Crippen molar-refractivity contribution in [2.45, 2.75) is 11.5 Å². The first-order valence-corrected chi connectivity index (χ1v) is 10.0. The van der Waals surface area contributed by atoms with Gasteiger partial charge in [0.05, 0.1) is 5.56 Å². The van der Waals surface area contributed by atoms with Gasteiger partial charge in [-0.15, -0.1) is 12.6 Å². The van der Waals surface area contributed by atoms with E-state index in [2.05, 4.69) is 12.6 Å². The number of benzene rings is 4. The quantitative estimate of drug-likeness (QED) is 0.176. The summed E-state index contributed by atoms with van der Waals surface area (Å²) in [6.07, 6.45) is 0. The zero-order valence-electron chi connectivity index (χ0n) is 16.7. The summed E-state index contributed by atoms with van der Waals surface area (Å²) < 4.78 is 88.9. The van der Waals surface area contributed by atoms with Gasteiger partial charge >= 0.3 is 0 Å². The fourth-order valence-electron chi connectivity index (χ4n) is 3.25. The van der Waals surface area contributed by atoms with Gasteiger partial charge in [0.25, 0.3) is 0 Å². The van der Waals surface area contributed by atoms with Crippen LogP contribution in [0.5, 0.6) is 5.75 Å². The molecule has 0 bridgehead atoms. The van der Waals surface area contributed by atoms with Crippen molar-refractivity contribution < 1.29 is 31.1 Å². The topological polar surface area (TPSA) is 9.23 Å². The lowest BCUT2D eigenvalue weighted by Gasteiger charge is -2.12. The molecule has 0 fully saturated rings. The Morgan fingerprint density at radius 3 is 1.73 bits per heavy atom. The molecule has 0 heterocycles. The molecule has 0 amide bonds. The van der Waals surface area contributed by atoms with Gasteiger partial charge in [-0.05, 0) is 65.2 Å². The molecular formula is C25H14F6OS. The Kier molecular flexibility index (Phi) is 6.37. The average Bonchev–Trinajstić information content (AvgIpc) is 2.77. The van der Waals surface area contributed by atoms with Crippen LogP contribution in [0.2, 0.25) is 0 Å². The number of halogens is 6. The van der Waals surface area contributed by atoms with Crippen LogP contribution in [-0.2, 0) is 6.61 Å². The van der Waals surface area contributed by atoms with Gasteiger partial charge in [0, 0.05) is 16.5 Å². The van der Waals surface area contributed by atoms with Crippen LogP contribution in [0.25, 0.3) is 22.3 Å². The third-order valence-electron chi connectivity index (χ3n) is 4.96. The van der Waals surface area contributed by atoms with E-state index in [1.807, 2.05) is 0 Å². The Bertz CT molecular complexity index is 1290. The maximum Gasteiger partial charge on any atom is 0.194 e. The normalized spacial score (nSPS) is 11.0. The van der Waals surface area contributed by atoms with E-state index in [0.717, 1.165) is 24.3 Å². The highest BCUT2D eigenvalue weighted by atomic mass is 32.1. The molecule has 4 rings (SSSR count). The molecule has 0 spiro atoms. The van der Waals surface area contributed by atoms with Crippen LogP contribution in [0, 0.1) is 34.9 Å². The maximum atomic E-state index is 14.5. The van der Waals surface area contributed by atoms with Crippen molar-refractivity contribution in [3.8, 4) is 28.0 Å². The molecule has 0 aliphatic heterocycles. The van der Waals surface area contributed by atoms with Crippen LogP contribution in [0.3, 0.4) is 0 Å². The lowest BCUT2D eigenvalue weighted by molar-refractivity contribution is 0.291. The largest absolute Gasteiger partial charge is 0.489 e. The Balaban J connectivity index is 1.54. The molecule has 8 heteroatoms. The molecule has 0 aliphatic carbocycles. The highest BCUT2D eigenvalue weighted by Crippen LogP contribution is 2.30. The SMILES string of the molecule is Fc1cc(OCc2c(F)cc(-c3ccc(S)cc3)cc2F)ccc1-c1cc(F)c(F)c(F)c1. The van der Waals surface area contributed by atoms with Crippen LogP contribution in [-0.4, -0.2) is 0 Å². The molecule has 0 atom stereocenters. The van der Waals surface area contributed by atoms with Crippen molar-refractivity contribution >= 4 is 12.6 Å². The summed E-state index contributed by atoms with van der Waals surface area (Å²) in [6, 6.07) is 13.7. The first-order chi connectivity index (χ1) is 15.7. The number of hydrogen-bond acceptors (Lipinski definition) is 2. The fourth-order valence-corrected chi connectivity index (χ4v) is 3.40. The van der Waals surface area contributed by atoms with Gasteiger partial charge in [-0.2, -0.15) is 0 Å². The summed E-state index contributed by atoms with van der Waals surface area (Å²) >= 11 is 4.17. The molecule has 1 nitrogen and oxygen atoms in total. The third-order valence-corrected chi connectivity index (χ3v) is 5.26. The molecule has 0 aliphatic rings. The lowest BCUT2D eigenvalue weighted by atomic mass is 10.0. The van der Waals surface area contributed by atoms with E-state index in [1.165, 1.54) is 6.07 Å². The van der Waals surface area contributed by atoms with Gasteiger partial charge in [-0.25, -0.2) is 26.3 Å². The standard InChI is InChI=1S/C25H14F6OS/c26-20-7-14(13-1-4-17(33)5-2-13)8-21(27)19(20)12-32-16-3-6-18(22(28)11-16)15-9-23(29)25(31)24(30)10-15/h1-11,33H,12H2. The van der Waals surface area contributed by atoms with E-state index >= 15 is 0 Å². The van der Waals surface area contributed by atoms with Crippen LogP contribution in [0.4, 0.5) is 26.3 Å². The predicted molar refractivity (Wildman–Crippen MR) is 115 cm³/mol. The second-order valence-corrected chi connectivity index (χ2v) is 7.67. The van der Waals surface area contributed by atoms with Crippen molar-refractivity contribution in [2.75, 3.05) is 0 Å². The molecule has 33 heavy (non-hydrogen) atoms. The monoisotopic (exact) mass is 476 g/mol. The van der Waals surface area contributed by atoms with E-state index in [-0.39, 0.29) is 22.4 Å². The summed E-state index contributed by atoms with van der Waals surface area (Å²) in [6.45, 7) is -0.522. The number of thiol groups is 1. The van der Waals surface area contributed by atoms with Crippen molar-refractivity contribution in [2.24, 2.45) is 0 Å². The first-order valence-electron chi connectivity index (χ1n) is 9.57. The van der Waals surface area contributed by atoms with Crippen LogP contribution >= 0.6 is 12.6 Å². The number of hydrogen-bond donors (Lipinski definition) is 1. The van der Waals surface area contributed by atoms with Crippen LogP contribution in [0.1, 0.15) is 5.56 Å². The van der Waals surface area contributed by atoms with E-state index < -0.39 is 41.5 Å². The highest BCUT2D eigenvalue weighted by molar-refractivity contribution is 7.80. The second-order valence-electron chi connectivity index (χ2n) is 7.15. The van der Waals surface area contributed by atoms with Crippen molar-refractivity contribution in [1.29, 1.82) is 0 Å². The lowest BCUT2D eigenvalue weighted by Crippen LogP contribution is -2.03. The van der Waals surface area contributed by atoms with Gasteiger partial charge in [-0.3, -0.25) is 0 Å². The van der Waals surface area contributed by atoms with E-state index in [4.69, 9.17) is 4.74 Å². The molecule has 0 aromatic heterocycles. The summed E-state index contributed by atoms with van der Waals surface area (Å²) in [4.78, 5) is 0.706. The smallest absolute Gasteiger partial charge is 0.194 e. The minimum Gasteiger partial charge on any atom is -0.489 e. The first kappa shape index (κ1) is 22.8. The zero-order valence-corrected chi connectivity index (χ0v) is 17.6. The minimum absolute atomic E-state index is 0.0634. The minimum atomic E-state index is -1.66. The summed E-state index contributed by atoms with van der Waals surface area (Å²) in [5, 5.41) is 0. The maximum absolute atomic E-state index is 14.5. The van der Waals surface area contributed by atoms with E-state index in [0.29, 0.717) is 28.2 Å². The van der Waals surface area contributed by atoms with Gasteiger partial charge in [0.1, 0.15) is 29.8 Å². The highest BCUT2D eigenvalue weighted by Gasteiger charge is 2.16. The molecule has 4 aromatic rings. The Morgan fingerprint density at radius 1 is 0.576 bits per heavy atom. The third kappa shape index (κ3) is 4.85. The number of rotatable bonds is 5. The van der Waals surface area contributed by atoms with Crippen LogP contribution < -0.4 is 4.74 Å². The molecule has 168 valence electrons. The summed E-state index contributed by atoms with van der Waals surface area (Å²) in [5.41, 5.74) is 0.167. The molecule has 0 radical (unpaired) electrons. The van der Waals surface area contributed by atoms with E-state index in [9.17, 15) is 26.3 Å². The van der Waals surface area contributed by atoms with Crippen LogP contribution in [0.15, 0.2) is 71.6 Å². The Hall–Kier alpha value is -3.39.